The zero-order valence-electron chi connectivity index (χ0n) is 13.4. The zero-order valence-corrected chi connectivity index (χ0v) is 13.4. The van der Waals surface area contributed by atoms with Crippen LogP contribution in [0.5, 0.6) is 0 Å². The van der Waals surface area contributed by atoms with Crippen molar-refractivity contribution >= 4 is 11.9 Å². The van der Waals surface area contributed by atoms with E-state index in [2.05, 4.69) is 19.2 Å². The number of carboxylic acids is 1. The molecule has 1 amide bonds. The number of hydrogen-bond donors (Lipinski definition) is 3. The Hall–Kier alpha value is -1.10. The van der Waals surface area contributed by atoms with Gasteiger partial charge in [-0.2, -0.15) is 0 Å². The van der Waals surface area contributed by atoms with Gasteiger partial charge < -0.3 is 16.2 Å². The molecule has 0 aromatic carbocycles. The van der Waals surface area contributed by atoms with Crippen LogP contribution >= 0.6 is 0 Å². The summed E-state index contributed by atoms with van der Waals surface area (Å²) in [6, 6.07) is 0. The van der Waals surface area contributed by atoms with E-state index < -0.39 is 11.5 Å². The zero-order chi connectivity index (χ0) is 15.9. The summed E-state index contributed by atoms with van der Waals surface area (Å²) in [4.78, 5) is 23.9. The average molecular weight is 298 g/mol. The maximum Gasteiger partial charge on any atom is 0.329 e. The summed E-state index contributed by atoms with van der Waals surface area (Å²) in [5, 5.41) is 12.4. The van der Waals surface area contributed by atoms with Crippen LogP contribution in [0.4, 0.5) is 0 Å². The highest BCUT2D eigenvalue weighted by Crippen LogP contribution is 2.28. The molecule has 1 unspecified atom stereocenters. The van der Waals surface area contributed by atoms with Crippen molar-refractivity contribution < 1.29 is 14.7 Å². The molecule has 122 valence electrons. The first-order valence-electron chi connectivity index (χ1n) is 8.14. The summed E-state index contributed by atoms with van der Waals surface area (Å²) in [6.45, 7) is 4.67. The number of rotatable bonds is 7. The lowest BCUT2D eigenvalue weighted by Gasteiger charge is -2.30. The molecule has 21 heavy (non-hydrogen) atoms. The average Bonchev–Trinajstić information content (AvgIpc) is 2.63. The third-order valence-corrected chi connectivity index (χ3v) is 4.36. The van der Waals surface area contributed by atoms with E-state index >= 15 is 0 Å². The fourth-order valence-corrected chi connectivity index (χ4v) is 3.23. The Morgan fingerprint density at radius 3 is 2.19 bits per heavy atom. The lowest BCUT2D eigenvalue weighted by atomic mass is 9.88. The molecule has 0 saturated heterocycles. The van der Waals surface area contributed by atoms with Gasteiger partial charge in [0.15, 0.2) is 0 Å². The van der Waals surface area contributed by atoms with Crippen molar-refractivity contribution in [3.63, 3.8) is 0 Å². The molecule has 1 rings (SSSR count). The van der Waals surface area contributed by atoms with E-state index in [0.29, 0.717) is 31.7 Å². The minimum Gasteiger partial charge on any atom is -0.480 e. The van der Waals surface area contributed by atoms with E-state index in [0.717, 1.165) is 32.1 Å². The van der Waals surface area contributed by atoms with Crippen LogP contribution in [0.2, 0.25) is 0 Å². The largest absolute Gasteiger partial charge is 0.480 e. The molecule has 0 radical (unpaired) electrons. The first-order chi connectivity index (χ1) is 9.89. The fourth-order valence-electron chi connectivity index (χ4n) is 3.23. The van der Waals surface area contributed by atoms with Crippen LogP contribution in [-0.4, -0.2) is 29.1 Å². The highest BCUT2D eigenvalue weighted by Gasteiger charge is 2.40. The van der Waals surface area contributed by atoms with Crippen molar-refractivity contribution in [2.45, 2.75) is 70.8 Å². The maximum absolute atomic E-state index is 12.3. The van der Waals surface area contributed by atoms with Gasteiger partial charge in [-0.3, -0.25) is 4.79 Å². The maximum atomic E-state index is 12.3. The SMILES string of the molecule is CC(C)CC(CN)CC(=O)NC1(C(=O)O)CCCCCC1. The van der Waals surface area contributed by atoms with Gasteiger partial charge in [-0.15, -0.1) is 0 Å². The minimum absolute atomic E-state index is 0.127. The molecule has 0 heterocycles. The number of nitrogens with one attached hydrogen (secondary N) is 1. The molecule has 0 aromatic heterocycles. The van der Waals surface area contributed by atoms with Crippen LogP contribution in [0.15, 0.2) is 0 Å². The summed E-state index contributed by atoms with van der Waals surface area (Å²) in [7, 11) is 0. The van der Waals surface area contributed by atoms with Crippen LogP contribution in [0.3, 0.4) is 0 Å². The van der Waals surface area contributed by atoms with Gasteiger partial charge in [0, 0.05) is 6.42 Å². The first-order valence-corrected chi connectivity index (χ1v) is 8.14. The van der Waals surface area contributed by atoms with Crippen LogP contribution in [0, 0.1) is 11.8 Å². The van der Waals surface area contributed by atoms with Gasteiger partial charge in [-0.05, 0) is 37.6 Å². The van der Waals surface area contributed by atoms with E-state index in [-0.39, 0.29) is 11.8 Å². The molecule has 1 aliphatic carbocycles. The van der Waals surface area contributed by atoms with Crippen molar-refractivity contribution in [2.75, 3.05) is 6.54 Å². The molecule has 0 aliphatic heterocycles. The third kappa shape index (κ3) is 5.65. The minimum atomic E-state index is -1.06. The van der Waals surface area contributed by atoms with Gasteiger partial charge in [0.25, 0.3) is 0 Å². The Bertz CT molecular complexity index is 347. The van der Waals surface area contributed by atoms with E-state index in [4.69, 9.17) is 5.73 Å². The summed E-state index contributed by atoms with van der Waals surface area (Å²) in [6.07, 6.45) is 6.09. The van der Waals surface area contributed by atoms with E-state index in [1.165, 1.54) is 0 Å². The summed E-state index contributed by atoms with van der Waals surface area (Å²) >= 11 is 0. The number of aliphatic carboxylic acids is 1. The number of carbonyl (C=O) groups is 2. The predicted molar refractivity (Wildman–Crippen MR) is 82.8 cm³/mol. The number of carboxylic acid groups (broad SMARTS) is 1. The Morgan fingerprint density at radius 1 is 1.19 bits per heavy atom. The van der Waals surface area contributed by atoms with Crippen LogP contribution < -0.4 is 11.1 Å². The number of carbonyl (C=O) groups excluding carboxylic acids is 1. The Kier molecular flexibility index (Phi) is 7.15. The van der Waals surface area contributed by atoms with Crippen LogP contribution in [0.25, 0.3) is 0 Å². The third-order valence-electron chi connectivity index (χ3n) is 4.36. The lowest BCUT2D eigenvalue weighted by molar-refractivity contribution is -0.148. The Morgan fingerprint density at radius 2 is 1.76 bits per heavy atom. The highest BCUT2D eigenvalue weighted by atomic mass is 16.4. The van der Waals surface area contributed by atoms with Crippen molar-refractivity contribution in [3.8, 4) is 0 Å². The second kappa shape index (κ2) is 8.37. The smallest absolute Gasteiger partial charge is 0.329 e. The van der Waals surface area contributed by atoms with Crippen molar-refractivity contribution in [1.82, 2.24) is 5.32 Å². The Labute approximate surface area is 127 Å². The molecule has 0 spiro atoms. The molecule has 1 atom stereocenters. The molecule has 1 aliphatic rings. The standard InChI is InChI=1S/C16H30N2O3/c1-12(2)9-13(11-17)10-14(19)18-16(15(20)21)7-5-3-4-6-8-16/h12-13H,3-11,17H2,1-2H3,(H,18,19)(H,20,21). The molecule has 5 nitrogen and oxygen atoms in total. The van der Waals surface area contributed by atoms with Crippen molar-refractivity contribution in [1.29, 1.82) is 0 Å². The second-order valence-corrected chi connectivity index (χ2v) is 6.79. The number of amides is 1. The van der Waals surface area contributed by atoms with Gasteiger partial charge in [0.2, 0.25) is 5.91 Å². The summed E-state index contributed by atoms with van der Waals surface area (Å²) in [5.74, 6) is -0.458. The second-order valence-electron chi connectivity index (χ2n) is 6.79. The van der Waals surface area contributed by atoms with Crippen LogP contribution in [-0.2, 0) is 9.59 Å². The highest BCUT2D eigenvalue weighted by molar-refractivity contribution is 5.87. The molecule has 1 saturated carbocycles. The molecular formula is C16H30N2O3. The first kappa shape index (κ1) is 18.0. The molecule has 0 bridgehead atoms. The van der Waals surface area contributed by atoms with Gasteiger partial charge in [-0.25, -0.2) is 4.79 Å². The topological polar surface area (TPSA) is 92.4 Å². The van der Waals surface area contributed by atoms with Crippen molar-refractivity contribution in [2.24, 2.45) is 17.6 Å². The van der Waals surface area contributed by atoms with E-state index in [1.54, 1.807) is 0 Å². The van der Waals surface area contributed by atoms with Crippen LogP contribution in [0.1, 0.15) is 65.2 Å². The van der Waals surface area contributed by atoms with Gasteiger partial charge >= 0.3 is 5.97 Å². The normalized spacial score (nSPS) is 19.8. The van der Waals surface area contributed by atoms with Crippen molar-refractivity contribution in [3.05, 3.63) is 0 Å². The fraction of sp³-hybridized carbons (Fsp3) is 0.875. The molecule has 5 heteroatoms. The summed E-state index contributed by atoms with van der Waals surface area (Å²) in [5.41, 5.74) is 4.66. The molecular weight excluding hydrogens is 268 g/mol. The van der Waals surface area contributed by atoms with Gasteiger partial charge in [-0.1, -0.05) is 39.5 Å². The molecule has 0 aromatic rings. The van der Waals surface area contributed by atoms with Gasteiger partial charge in [0.1, 0.15) is 5.54 Å². The Balaban J connectivity index is 2.65. The molecule has 4 N–H and O–H groups in total. The lowest BCUT2D eigenvalue weighted by Crippen LogP contribution is -2.54. The number of nitrogens with two attached hydrogens (primary N) is 1. The van der Waals surface area contributed by atoms with E-state index in [1.807, 2.05) is 0 Å². The van der Waals surface area contributed by atoms with E-state index in [9.17, 15) is 14.7 Å². The molecule has 1 fully saturated rings. The van der Waals surface area contributed by atoms with Gasteiger partial charge in [0.05, 0.1) is 0 Å². The number of hydrogen-bond acceptors (Lipinski definition) is 3. The monoisotopic (exact) mass is 298 g/mol. The quantitative estimate of drug-likeness (QED) is 0.629. The predicted octanol–water partition coefficient (Wildman–Crippen LogP) is 2.29. The summed E-state index contributed by atoms with van der Waals surface area (Å²) < 4.78 is 0.